The van der Waals surface area contributed by atoms with Crippen LogP contribution in [0.2, 0.25) is 0 Å². The third-order valence-corrected chi connectivity index (χ3v) is 4.61. The number of rotatable bonds is 4. The Kier molecular flexibility index (Phi) is 5.20. The Bertz CT molecular complexity index is 420. The second-order valence-electron chi connectivity index (χ2n) is 6.08. The van der Waals surface area contributed by atoms with Crippen LogP contribution in [-0.2, 0) is 14.4 Å². The van der Waals surface area contributed by atoms with Crippen LogP contribution >= 0.6 is 0 Å². The van der Waals surface area contributed by atoms with Crippen molar-refractivity contribution in [1.29, 1.82) is 0 Å². The fraction of sp³-hybridized carbons (Fsp3) is 0.800. The van der Waals surface area contributed by atoms with Crippen molar-refractivity contribution in [3.63, 3.8) is 0 Å². The van der Waals surface area contributed by atoms with Gasteiger partial charge in [0.1, 0.15) is 6.54 Å². The molecule has 1 saturated heterocycles. The average Bonchev–Trinajstić information content (AvgIpc) is 2.58. The van der Waals surface area contributed by atoms with E-state index in [0.29, 0.717) is 13.0 Å². The molecule has 1 N–H and O–H groups in total. The molecule has 0 spiro atoms. The topological polar surface area (TPSA) is 77.9 Å². The van der Waals surface area contributed by atoms with E-state index >= 15 is 0 Å². The van der Waals surface area contributed by atoms with Gasteiger partial charge in [-0.05, 0) is 32.1 Å². The molecule has 21 heavy (non-hydrogen) atoms. The van der Waals surface area contributed by atoms with Crippen LogP contribution in [-0.4, -0.2) is 58.4 Å². The van der Waals surface area contributed by atoms with Crippen molar-refractivity contribution in [1.82, 2.24) is 9.80 Å². The third-order valence-electron chi connectivity index (χ3n) is 4.61. The Hall–Kier alpha value is -1.59. The lowest BCUT2D eigenvalue weighted by atomic mass is 9.84. The number of carboxylic acid groups (broad SMARTS) is 1. The fourth-order valence-electron chi connectivity index (χ4n) is 3.17. The zero-order valence-corrected chi connectivity index (χ0v) is 12.6. The second-order valence-corrected chi connectivity index (χ2v) is 6.08. The number of likely N-dealkylation sites (tertiary alicyclic amines) is 1. The van der Waals surface area contributed by atoms with Crippen molar-refractivity contribution < 1.29 is 19.5 Å². The molecule has 1 saturated carbocycles. The highest BCUT2D eigenvalue weighted by molar-refractivity contribution is 5.80. The molecule has 1 atom stereocenters. The van der Waals surface area contributed by atoms with Gasteiger partial charge in [-0.3, -0.25) is 14.4 Å². The van der Waals surface area contributed by atoms with Crippen LogP contribution in [0.1, 0.15) is 45.4 Å². The highest BCUT2D eigenvalue weighted by Gasteiger charge is 2.32. The van der Waals surface area contributed by atoms with Gasteiger partial charge < -0.3 is 14.9 Å². The van der Waals surface area contributed by atoms with Crippen molar-refractivity contribution in [3.8, 4) is 0 Å². The number of hydrogen-bond acceptors (Lipinski definition) is 3. The first kappa shape index (κ1) is 15.8. The van der Waals surface area contributed by atoms with E-state index in [-0.39, 0.29) is 30.3 Å². The molecule has 1 unspecified atom stereocenters. The highest BCUT2D eigenvalue weighted by atomic mass is 16.4. The van der Waals surface area contributed by atoms with E-state index in [0.717, 1.165) is 38.6 Å². The molecule has 2 amide bonds. The molecule has 1 aliphatic heterocycles. The summed E-state index contributed by atoms with van der Waals surface area (Å²) in [7, 11) is 0. The molecular formula is C15H24N2O4. The molecule has 118 valence electrons. The van der Waals surface area contributed by atoms with Crippen molar-refractivity contribution in [2.75, 3.05) is 19.6 Å². The summed E-state index contributed by atoms with van der Waals surface area (Å²) in [5, 5.41) is 8.93. The smallest absolute Gasteiger partial charge is 0.323 e. The van der Waals surface area contributed by atoms with Gasteiger partial charge >= 0.3 is 5.97 Å². The molecule has 2 rings (SSSR count). The molecule has 2 fully saturated rings. The lowest BCUT2D eigenvalue weighted by Gasteiger charge is -2.31. The van der Waals surface area contributed by atoms with Gasteiger partial charge in [0.15, 0.2) is 0 Å². The van der Waals surface area contributed by atoms with Crippen molar-refractivity contribution in [2.24, 2.45) is 5.92 Å². The van der Waals surface area contributed by atoms with Gasteiger partial charge in [-0.1, -0.05) is 6.42 Å². The molecule has 0 aromatic rings. The summed E-state index contributed by atoms with van der Waals surface area (Å²) < 4.78 is 0. The molecule has 6 nitrogen and oxygen atoms in total. The Morgan fingerprint density at radius 2 is 1.81 bits per heavy atom. The van der Waals surface area contributed by atoms with Crippen LogP contribution in [0.5, 0.6) is 0 Å². The minimum Gasteiger partial charge on any atom is -0.480 e. The number of carboxylic acids is 1. The van der Waals surface area contributed by atoms with Gasteiger partial charge in [-0.25, -0.2) is 0 Å². The summed E-state index contributed by atoms with van der Waals surface area (Å²) in [5.41, 5.74) is 0. The standard InChI is InChI=1S/C15H24N2O4/c1-11(18)17(10-14(19)20)13-6-3-8-16(9-7-13)15(21)12-4-2-5-12/h12-13H,2-10H2,1H3,(H,19,20). The molecule has 1 heterocycles. The molecule has 0 bridgehead atoms. The maximum atomic E-state index is 12.3. The molecule has 6 heteroatoms. The normalized spacial score (nSPS) is 23.1. The van der Waals surface area contributed by atoms with E-state index in [1.165, 1.54) is 11.8 Å². The lowest BCUT2D eigenvalue weighted by molar-refractivity contribution is -0.145. The SMILES string of the molecule is CC(=O)N(CC(=O)O)C1CCCN(C(=O)C2CCC2)CC1. The van der Waals surface area contributed by atoms with E-state index in [9.17, 15) is 14.4 Å². The maximum absolute atomic E-state index is 12.3. The van der Waals surface area contributed by atoms with Crippen LogP contribution in [0.25, 0.3) is 0 Å². The van der Waals surface area contributed by atoms with Gasteiger partial charge in [0, 0.05) is 32.0 Å². The largest absolute Gasteiger partial charge is 0.480 e. The number of carbonyl (C=O) groups is 3. The molecule has 0 aromatic carbocycles. The van der Waals surface area contributed by atoms with Gasteiger partial charge in [0.2, 0.25) is 11.8 Å². The number of amides is 2. The van der Waals surface area contributed by atoms with Crippen molar-refractivity contribution >= 4 is 17.8 Å². The number of nitrogens with zero attached hydrogens (tertiary/aromatic N) is 2. The molecule has 2 aliphatic rings. The molecular weight excluding hydrogens is 272 g/mol. The second kappa shape index (κ2) is 6.91. The van der Waals surface area contributed by atoms with Crippen LogP contribution in [0.15, 0.2) is 0 Å². The van der Waals surface area contributed by atoms with Crippen LogP contribution in [0.3, 0.4) is 0 Å². The zero-order chi connectivity index (χ0) is 15.4. The Morgan fingerprint density at radius 3 is 2.33 bits per heavy atom. The Balaban J connectivity index is 1.93. The summed E-state index contributed by atoms with van der Waals surface area (Å²) in [5.74, 6) is -0.753. The quantitative estimate of drug-likeness (QED) is 0.842. The minimum absolute atomic E-state index is 0.0715. The molecule has 0 radical (unpaired) electrons. The number of carbonyl (C=O) groups excluding carboxylic acids is 2. The lowest BCUT2D eigenvalue weighted by Crippen LogP contribution is -2.43. The van der Waals surface area contributed by atoms with E-state index in [4.69, 9.17) is 5.11 Å². The summed E-state index contributed by atoms with van der Waals surface area (Å²) >= 11 is 0. The van der Waals surface area contributed by atoms with E-state index in [1.807, 2.05) is 4.90 Å². The fourth-order valence-corrected chi connectivity index (χ4v) is 3.17. The number of hydrogen-bond donors (Lipinski definition) is 1. The van der Waals surface area contributed by atoms with Gasteiger partial charge in [0.05, 0.1) is 0 Å². The molecule has 1 aliphatic carbocycles. The average molecular weight is 296 g/mol. The zero-order valence-electron chi connectivity index (χ0n) is 12.6. The Labute approximate surface area is 125 Å². The van der Waals surface area contributed by atoms with Crippen LogP contribution in [0, 0.1) is 5.92 Å². The third kappa shape index (κ3) is 3.95. The van der Waals surface area contributed by atoms with Crippen molar-refractivity contribution in [2.45, 2.75) is 51.5 Å². The van der Waals surface area contributed by atoms with Crippen molar-refractivity contribution in [3.05, 3.63) is 0 Å². The van der Waals surface area contributed by atoms with Gasteiger partial charge in [0.25, 0.3) is 0 Å². The summed E-state index contributed by atoms with van der Waals surface area (Å²) in [6, 6.07) is -0.0715. The maximum Gasteiger partial charge on any atom is 0.323 e. The Morgan fingerprint density at radius 1 is 1.10 bits per heavy atom. The first-order valence-corrected chi connectivity index (χ1v) is 7.77. The van der Waals surface area contributed by atoms with E-state index < -0.39 is 5.97 Å². The predicted octanol–water partition coefficient (Wildman–Crippen LogP) is 1.10. The van der Waals surface area contributed by atoms with E-state index in [2.05, 4.69) is 0 Å². The van der Waals surface area contributed by atoms with Gasteiger partial charge in [-0.2, -0.15) is 0 Å². The predicted molar refractivity (Wildman–Crippen MR) is 76.6 cm³/mol. The van der Waals surface area contributed by atoms with Crippen LogP contribution < -0.4 is 0 Å². The highest BCUT2D eigenvalue weighted by Crippen LogP contribution is 2.29. The summed E-state index contributed by atoms with van der Waals surface area (Å²) in [4.78, 5) is 38.2. The van der Waals surface area contributed by atoms with E-state index in [1.54, 1.807) is 0 Å². The summed E-state index contributed by atoms with van der Waals surface area (Å²) in [6.07, 6.45) is 5.40. The van der Waals surface area contributed by atoms with Gasteiger partial charge in [-0.15, -0.1) is 0 Å². The van der Waals surface area contributed by atoms with Crippen LogP contribution in [0.4, 0.5) is 0 Å². The first-order valence-electron chi connectivity index (χ1n) is 7.77. The molecule has 0 aromatic heterocycles. The minimum atomic E-state index is -0.989. The number of aliphatic carboxylic acids is 1. The first-order chi connectivity index (χ1) is 9.99. The summed E-state index contributed by atoms with van der Waals surface area (Å²) in [6.45, 7) is 2.51. The monoisotopic (exact) mass is 296 g/mol.